The first-order valence-corrected chi connectivity index (χ1v) is 6.54. The molecule has 1 N–H and O–H groups in total. The van der Waals surface area contributed by atoms with E-state index in [9.17, 15) is 9.90 Å². The van der Waals surface area contributed by atoms with Crippen LogP contribution in [0.15, 0.2) is 18.3 Å². The van der Waals surface area contributed by atoms with Crippen LogP contribution >= 0.6 is 11.6 Å². The Hall–Kier alpha value is -1.59. The van der Waals surface area contributed by atoms with Crippen LogP contribution < -0.4 is 0 Å². The molecule has 0 spiro atoms. The normalized spacial score (nSPS) is 16.9. The van der Waals surface area contributed by atoms with E-state index in [4.69, 9.17) is 16.3 Å². The van der Waals surface area contributed by atoms with Crippen LogP contribution in [0, 0.1) is 0 Å². The second-order valence-electron chi connectivity index (χ2n) is 4.59. The van der Waals surface area contributed by atoms with E-state index in [0.717, 1.165) is 18.7 Å². The van der Waals surface area contributed by atoms with Gasteiger partial charge < -0.3 is 14.2 Å². The highest BCUT2D eigenvalue weighted by Gasteiger charge is 2.24. The summed E-state index contributed by atoms with van der Waals surface area (Å²) in [5.41, 5.74) is 0.650. The fourth-order valence-electron chi connectivity index (χ4n) is 2.53. The molecule has 1 fully saturated rings. The van der Waals surface area contributed by atoms with Gasteiger partial charge in [0.25, 0.3) is 0 Å². The van der Waals surface area contributed by atoms with Crippen molar-refractivity contribution in [3.8, 4) is 0 Å². The van der Waals surface area contributed by atoms with Gasteiger partial charge in [-0.3, -0.25) is 0 Å². The van der Waals surface area contributed by atoms with Crippen LogP contribution in [0.4, 0.5) is 0 Å². The number of aromatic carboxylic acids is 1. The van der Waals surface area contributed by atoms with E-state index in [0.29, 0.717) is 18.7 Å². The summed E-state index contributed by atoms with van der Waals surface area (Å²) in [5.74, 6) is 0.0927. The summed E-state index contributed by atoms with van der Waals surface area (Å²) in [6.45, 7) is 1.41. The van der Waals surface area contributed by atoms with Gasteiger partial charge in [0, 0.05) is 25.3 Å². The van der Waals surface area contributed by atoms with Gasteiger partial charge in [0.1, 0.15) is 5.82 Å². The Morgan fingerprint density at radius 3 is 2.89 bits per heavy atom. The van der Waals surface area contributed by atoms with Gasteiger partial charge in [-0.05, 0) is 25.0 Å². The molecule has 0 amide bonds. The SMILES string of the molecule is O=C(O)c1cccn2c(C3CCOCC3)nc(Cl)c12. The first-order chi connectivity index (χ1) is 9.18. The predicted octanol–water partition coefficient (Wildman–Crippen LogP) is 2.58. The van der Waals surface area contributed by atoms with Crippen molar-refractivity contribution in [2.75, 3.05) is 13.2 Å². The van der Waals surface area contributed by atoms with E-state index < -0.39 is 5.97 Å². The van der Waals surface area contributed by atoms with Gasteiger partial charge in [0.2, 0.25) is 0 Å². The lowest BCUT2D eigenvalue weighted by atomic mass is 9.99. The smallest absolute Gasteiger partial charge is 0.337 e. The first-order valence-electron chi connectivity index (χ1n) is 6.16. The Balaban J connectivity index is 2.16. The van der Waals surface area contributed by atoms with Crippen LogP contribution in [0.25, 0.3) is 5.52 Å². The topological polar surface area (TPSA) is 63.8 Å². The molecule has 100 valence electrons. The van der Waals surface area contributed by atoms with Crippen molar-refractivity contribution in [3.05, 3.63) is 34.9 Å². The van der Waals surface area contributed by atoms with E-state index in [1.165, 1.54) is 0 Å². The van der Waals surface area contributed by atoms with Crippen LogP contribution in [-0.2, 0) is 4.74 Å². The highest BCUT2D eigenvalue weighted by Crippen LogP contribution is 2.31. The quantitative estimate of drug-likeness (QED) is 0.918. The third kappa shape index (κ3) is 2.09. The van der Waals surface area contributed by atoms with Gasteiger partial charge >= 0.3 is 5.97 Å². The zero-order valence-corrected chi connectivity index (χ0v) is 10.9. The summed E-state index contributed by atoms with van der Waals surface area (Å²) in [5, 5.41) is 9.46. The van der Waals surface area contributed by atoms with Crippen molar-refractivity contribution >= 4 is 23.1 Å². The van der Waals surface area contributed by atoms with E-state index in [1.807, 2.05) is 6.20 Å². The number of hydrogen-bond acceptors (Lipinski definition) is 3. The number of carbonyl (C=O) groups is 1. The number of imidazole rings is 1. The molecule has 0 bridgehead atoms. The maximum absolute atomic E-state index is 11.2. The van der Waals surface area contributed by atoms with Crippen molar-refractivity contribution in [2.45, 2.75) is 18.8 Å². The van der Waals surface area contributed by atoms with Crippen molar-refractivity contribution in [1.29, 1.82) is 0 Å². The minimum atomic E-state index is -0.995. The standard InChI is InChI=1S/C13H13ClN2O3/c14-11-10-9(13(17)18)2-1-5-16(10)12(15-11)8-3-6-19-7-4-8/h1-2,5,8H,3-4,6-7H2,(H,17,18). The predicted molar refractivity (Wildman–Crippen MR) is 70.0 cm³/mol. The van der Waals surface area contributed by atoms with Crippen molar-refractivity contribution in [1.82, 2.24) is 9.38 Å². The van der Waals surface area contributed by atoms with E-state index in [1.54, 1.807) is 16.5 Å². The van der Waals surface area contributed by atoms with Crippen LogP contribution in [0.1, 0.15) is 34.9 Å². The molecule has 3 heterocycles. The molecular formula is C13H13ClN2O3. The van der Waals surface area contributed by atoms with Gasteiger partial charge in [-0.25, -0.2) is 9.78 Å². The van der Waals surface area contributed by atoms with E-state index >= 15 is 0 Å². The molecule has 0 aliphatic carbocycles. The Kier molecular flexibility index (Phi) is 3.16. The highest BCUT2D eigenvalue weighted by molar-refractivity contribution is 6.33. The van der Waals surface area contributed by atoms with Crippen LogP contribution in [0.2, 0.25) is 5.15 Å². The van der Waals surface area contributed by atoms with Gasteiger partial charge in [0.05, 0.1) is 11.1 Å². The van der Waals surface area contributed by atoms with Gasteiger partial charge in [-0.15, -0.1) is 0 Å². The highest BCUT2D eigenvalue weighted by atomic mass is 35.5. The van der Waals surface area contributed by atoms with Gasteiger partial charge in [-0.1, -0.05) is 11.6 Å². The lowest BCUT2D eigenvalue weighted by Crippen LogP contribution is -2.16. The molecule has 0 saturated carbocycles. The molecule has 2 aromatic rings. The summed E-state index contributed by atoms with van der Waals surface area (Å²) in [6.07, 6.45) is 3.57. The average Bonchev–Trinajstić information content (AvgIpc) is 2.77. The lowest BCUT2D eigenvalue weighted by molar-refractivity contribution is 0.0698. The average molecular weight is 281 g/mol. The minimum absolute atomic E-state index is 0.179. The van der Waals surface area contributed by atoms with Crippen molar-refractivity contribution < 1.29 is 14.6 Å². The monoisotopic (exact) mass is 280 g/mol. The number of hydrogen-bond donors (Lipinski definition) is 1. The molecule has 19 heavy (non-hydrogen) atoms. The fourth-order valence-corrected chi connectivity index (χ4v) is 2.81. The maximum Gasteiger partial charge on any atom is 0.337 e. The second kappa shape index (κ2) is 4.83. The molecule has 1 saturated heterocycles. The molecular weight excluding hydrogens is 268 g/mol. The number of rotatable bonds is 2. The summed E-state index contributed by atoms with van der Waals surface area (Å²) < 4.78 is 7.13. The molecule has 6 heteroatoms. The number of ether oxygens (including phenoxy) is 1. The lowest BCUT2D eigenvalue weighted by Gasteiger charge is -2.20. The Bertz CT molecular complexity index is 632. The van der Waals surface area contributed by atoms with Crippen molar-refractivity contribution in [2.24, 2.45) is 0 Å². The number of halogens is 1. The molecule has 1 aliphatic rings. The number of nitrogens with zero attached hydrogens (tertiary/aromatic N) is 2. The molecule has 0 aromatic carbocycles. The number of carboxylic acids is 1. The third-order valence-corrected chi connectivity index (χ3v) is 3.73. The second-order valence-corrected chi connectivity index (χ2v) is 4.95. The van der Waals surface area contributed by atoms with Gasteiger partial charge in [-0.2, -0.15) is 0 Å². The zero-order chi connectivity index (χ0) is 13.4. The largest absolute Gasteiger partial charge is 0.478 e. The third-order valence-electron chi connectivity index (χ3n) is 3.47. The Labute approximate surface area is 114 Å². The van der Waals surface area contributed by atoms with E-state index in [-0.39, 0.29) is 16.6 Å². The number of aromatic nitrogens is 2. The molecule has 2 aromatic heterocycles. The van der Waals surface area contributed by atoms with Crippen LogP contribution in [0.5, 0.6) is 0 Å². The number of carboxylic acid groups (broad SMARTS) is 1. The summed E-state index contributed by atoms with van der Waals surface area (Å²) in [4.78, 5) is 15.6. The maximum atomic E-state index is 11.2. The van der Waals surface area contributed by atoms with Crippen LogP contribution in [-0.4, -0.2) is 33.7 Å². The molecule has 0 unspecified atom stereocenters. The summed E-state index contributed by atoms with van der Waals surface area (Å²) in [6, 6.07) is 3.25. The molecule has 5 nitrogen and oxygen atoms in total. The number of pyridine rings is 1. The molecule has 1 aliphatic heterocycles. The van der Waals surface area contributed by atoms with Gasteiger partial charge in [0.15, 0.2) is 5.15 Å². The molecule has 0 radical (unpaired) electrons. The Morgan fingerprint density at radius 2 is 2.21 bits per heavy atom. The minimum Gasteiger partial charge on any atom is -0.478 e. The summed E-state index contributed by atoms with van der Waals surface area (Å²) >= 11 is 6.12. The first kappa shape index (κ1) is 12.4. The molecule has 3 rings (SSSR count). The zero-order valence-electron chi connectivity index (χ0n) is 10.2. The van der Waals surface area contributed by atoms with Crippen molar-refractivity contribution in [3.63, 3.8) is 0 Å². The number of fused-ring (bicyclic) bond motifs is 1. The van der Waals surface area contributed by atoms with E-state index in [2.05, 4.69) is 4.98 Å². The van der Waals surface area contributed by atoms with Crippen LogP contribution in [0.3, 0.4) is 0 Å². The Morgan fingerprint density at radius 1 is 1.47 bits per heavy atom. The summed E-state index contributed by atoms with van der Waals surface area (Å²) in [7, 11) is 0. The fraction of sp³-hybridized carbons (Fsp3) is 0.385. The molecule has 0 atom stereocenters.